The van der Waals surface area contributed by atoms with Gasteiger partial charge in [-0.05, 0) is 25.3 Å². The summed E-state index contributed by atoms with van der Waals surface area (Å²) in [6.07, 6.45) is 8.40. The summed E-state index contributed by atoms with van der Waals surface area (Å²) in [5.41, 5.74) is 0.530. The summed E-state index contributed by atoms with van der Waals surface area (Å²) in [6, 6.07) is 1.98. The molecule has 110 valence electrons. The topological polar surface area (TPSA) is 54.0 Å². The summed E-state index contributed by atoms with van der Waals surface area (Å²) < 4.78 is 0. The third kappa shape index (κ3) is 4.10. The molecule has 0 saturated heterocycles. The molecule has 2 rings (SSSR count). The van der Waals surface area contributed by atoms with Crippen LogP contribution in [0.15, 0.2) is 12.3 Å². The van der Waals surface area contributed by atoms with Crippen LogP contribution in [-0.2, 0) is 0 Å². The van der Waals surface area contributed by atoms with Gasteiger partial charge in [0.25, 0.3) is 5.91 Å². The van der Waals surface area contributed by atoms with E-state index in [-0.39, 0.29) is 5.91 Å². The number of anilines is 1. The smallest absolute Gasteiger partial charge is 0.253 e. The number of hydrogen-bond acceptors (Lipinski definition) is 3. The van der Waals surface area contributed by atoms with Gasteiger partial charge in [-0.1, -0.05) is 37.8 Å². The summed E-state index contributed by atoms with van der Waals surface area (Å²) in [5, 5.41) is 6.70. The Kier molecular flexibility index (Phi) is 5.65. The fraction of sp³-hybridized carbons (Fsp3) is 0.600. The summed E-state index contributed by atoms with van der Waals surface area (Å²) in [6.45, 7) is 2.90. The third-order valence-corrected chi connectivity index (χ3v) is 3.87. The van der Waals surface area contributed by atoms with Crippen molar-refractivity contribution < 1.29 is 4.79 Å². The Balaban J connectivity index is 1.97. The van der Waals surface area contributed by atoms with Crippen molar-refractivity contribution in [2.24, 2.45) is 0 Å². The van der Waals surface area contributed by atoms with Gasteiger partial charge in [0.2, 0.25) is 0 Å². The second kappa shape index (κ2) is 7.48. The van der Waals surface area contributed by atoms with Crippen LogP contribution in [0.5, 0.6) is 0 Å². The molecular formula is C15H22ClN3O. The SMILES string of the molecule is CCCNc1ncc(C(=O)NC2CCCCC2)cc1Cl. The predicted molar refractivity (Wildman–Crippen MR) is 82.4 cm³/mol. The Labute approximate surface area is 125 Å². The molecular weight excluding hydrogens is 274 g/mol. The normalized spacial score (nSPS) is 15.9. The van der Waals surface area contributed by atoms with Gasteiger partial charge in [-0.2, -0.15) is 0 Å². The number of aromatic nitrogens is 1. The lowest BCUT2D eigenvalue weighted by molar-refractivity contribution is 0.0927. The van der Waals surface area contributed by atoms with Gasteiger partial charge < -0.3 is 10.6 Å². The molecule has 4 nitrogen and oxygen atoms in total. The van der Waals surface area contributed by atoms with E-state index in [0.29, 0.717) is 22.4 Å². The second-order valence-corrected chi connectivity index (χ2v) is 5.70. The van der Waals surface area contributed by atoms with Crippen molar-refractivity contribution in [3.63, 3.8) is 0 Å². The first-order valence-electron chi connectivity index (χ1n) is 7.41. The zero-order valence-electron chi connectivity index (χ0n) is 11.9. The number of hydrogen-bond donors (Lipinski definition) is 2. The highest BCUT2D eigenvalue weighted by molar-refractivity contribution is 6.33. The highest BCUT2D eigenvalue weighted by Crippen LogP contribution is 2.21. The molecule has 0 spiro atoms. The summed E-state index contributed by atoms with van der Waals surface area (Å²) in [4.78, 5) is 16.4. The molecule has 5 heteroatoms. The lowest BCUT2D eigenvalue weighted by atomic mass is 9.95. The summed E-state index contributed by atoms with van der Waals surface area (Å²) >= 11 is 6.15. The molecule has 1 saturated carbocycles. The third-order valence-electron chi connectivity index (χ3n) is 3.59. The van der Waals surface area contributed by atoms with Crippen molar-refractivity contribution in [1.29, 1.82) is 0 Å². The number of halogens is 1. The number of nitrogens with one attached hydrogen (secondary N) is 2. The summed E-state index contributed by atoms with van der Waals surface area (Å²) in [5.74, 6) is 0.566. The molecule has 1 aliphatic rings. The zero-order valence-corrected chi connectivity index (χ0v) is 12.7. The zero-order chi connectivity index (χ0) is 14.4. The van der Waals surface area contributed by atoms with Crippen molar-refractivity contribution in [3.8, 4) is 0 Å². The lowest BCUT2D eigenvalue weighted by Crippen LogP contribution is -2.36. The average molecular weight is 296 g/mol. The molecule has 1 heterocycles. The first kappa shape index (κ1) is 15.1. The molecule has 1 fully saturated rings. The van der Waals surface area contributed by atoms with Crippen LogP contribution in [0.2, 0.25) is 5.02 Å². The van der Waals surface area contributed by atoms with Gasteiger partial charge in [0.15, 0.2) is 0 Å². The Hall–Kier alpha value is -1.29. The number of pyridine rings is 1. The quantitative estimate of drug-likeness (QED) is 0.872. The van der Waals surface area contributed by atoms with E-state index in [9.17, 15) is 4.79 Å². The van der Waals surface area contributed by atoms with Gasteiger partial charge in [-0.15, -0.1) is 0 Å². The van der Waals surface area contributed by atoms with Crippen LogP contribution >= 0.6 is 11.6 Å². The van der Waals surface area contributed by atoms with E-state index >= 15 is 0 Å². The predicted octanol–water partition coefficient (Wildman–Crippen LogP) is 3.62. The van der Waals surface area contributed by atoms with E-state index in [2.05, 4.69) is 22.5 Å². The Bertz CT molecular complexity index is 458. The van der Waals surface area contributed by atoms with Crippen molar-refractivity contribution in [1.82, 2.24) is 10.3 Å². The number of rotatable bonds is 5. The maximum atomic E-state index is 12.2. The lowest BCUT2D eigenvalue weighted by Gasteiger charge is -2.22. The molecule has 1 aliphatic carbocycles. The maximum absolute atomic E-state index is 12.2. The van der Waals surface area contributed by atoms with Crippen LogP contribution in [0, 0.1) is 0 Å². The van der Waals surface area contributed by atoms with Crippen molar-refractivity contribution in [2.75, 3.05) is 11.9 Å². The molecule has 0 radical (unpaired) electrons. The van der Waals surface area contributed by atoms with Gasteiger partial charge in [0.05, 0.1) is 10.6 Å². The van der Waals surface area contributed by atoms with Crippen LogP contribution in [0.1, 0.15) is 55.8 Å². The Morgan fingerprint density at radius 2 is 2.15 bits per heavy atom. The van der Waals surface area contributed by atoms with Crippen LogP contribution in [-0.4, -0.2) is 23.5 Å². The molecule has 0 unspecified atom stereocenters. The largest absolute Gasteiger partial charge is 0.369 e. The van der Waals surface area contributed by atoms with E-state index in [1.807, 2.05) is 0 Å². The van der Waals surface area contributed by atoms with Crippen LogP contribution in [0.3, 0.4) is 0 Å². The van der Waals surface area contributed by atoms with Crippen molar-refractivity contribution >= 4 is 23.3 Å². The van der Waals surface area contributed by atoms with E-state index in [1.54, 1.807) is 12.3 Å². The van der Waals surface area contributed by atoms with E-state index in [4.69, 9.17) is 11.6 Å². The second-order valence-electron chi connectivity index (χ2n) is 5.29. The van der Waals surface area contributed by atoms with Gasteiger partial charge in [-0.25, -0.2) is 4.98 Å². The van der Waals surface area contributed by atoms with Gasteiger partial charge in [-0.3, -0.25) is 4.79 Å². The van der Waals surface area contributed by atoms with E-state index in [0.717, 1.165) is 25.8 Å². The molecule has 20 heavy (non-hydrogen) atoms. The minimum absolute atomic E-state index is 0.0756. The van der Waals surface area contributed by atoms with E-state index in [1.165, 1.54) is 19.3 Å². The minimum Gasteiger partial charge on any atom is -0.369 e. The van der Waals surface area contributed by atoms with Gasteiger partial charge >= 0.3 is 0 Å². The number of nitrogens with zero attached hydrogens (tertiary/aromatic N) is 1. The first-order valence-corrected chi connectivity index (χ1v) is 7.78. The van der Waals surface area contributed by atoms with Gasteiger partial charge in [0.1, 0.15) is 5.82 Å². The fourth-order valence-corrected chi connectivity index (χ4v) is 2.68. The number of amides is 1. The molecule has 2 N–H and O–H groups in total. The van der Waals surface area contributed by atoms with E-state index < -0.39 is 0 Å². The standard InChI is InChI=1S/C15H22ClN3O/c1-2-8-17-14-13(16)9-11(10-18-14)15(20)19-12-6-4-3-5-7-12/h9-10,12H,2-8H2,1H3,(H,17,18)(H,19,20). The van der Waals surface area contributed by atoms with Crippen molar-refractivity contribution in [2.45, 2.75) is 51.5 Å². The maximum Gasteiger partial charge on any atom is 0.253 e. The average Bonchev–Trinajstić information content (AvgIpc) is 2.47. The molecule has 0 aromatic carbocycles. The highest BCUT2D eigenvalue weighted by atomic mass is 35.5. The first-order chi connectivity index (χ1) is 9.70. The molecule has 1 aromatic heterocycles. The van der Waals surface area contributed by atoms with Crippen LogP contribution in [0.25, 0.3) is 0 Å². The van der Waals surface area contributed by atoms with Crippen LogP contribution < -0.4 is 10.6 Å². The van der Waals surface area contributed by atoms with Crippen molar-refractivity contribution in [3.05, 3.63) is 22.8 Å². The molecule has 1 aromatic rings. The fourth-order valence-electron chi connectivity index (χ4n) is 2.45. The molecule has 0 aliphatic heterocycles. The number of carbonyl (C=O) groups is 1. The Morgan fingerprint density at radius 1 is 1.40 bits per heavy atom. The monoisotopic (exact) mass is 295 g/mol. The molecule has 1 amide bonds. The highest BCUT2D eigenvalue weighted by Gasteiger charge is 2.17. The Morgan fingerprint density at radius 3 is 2.80 bits per heavy atom. The van der Waals surface area contributed by atoms with Crippen LogP contribution in [0.4, 0.5) is 5.82 Å². The van der Waals surface area contributed by atoms with Gasteiger partial charge in [0, 0.05) is 18.8 Å². The summed E-state index contributed by atoms with van der Waals surface area (Å²) in [7, 11) is 0. The number of carbonyl (C=O) groups excluding carboxylic acids is 1. The molecule has 0 bridgehead atoms. The molecule has 0 atom stereocenters. The minimum atomic E-state index is -0.0756.